The zero-order valence-electron chi connectivity index (χ0n) is 9.45. The molecule has 0 bridgehead atoms. The quantitative estimate of drug-likeness (QED) is 0.438. The zero-order valence-corrected chi connectivity index (χ0v) is 10.3. The number of hydrogen-bond acceptors (Lipinski definition) is 3. The lowest BCUT2D eigenvalue weighted by Gasteiger charge is -2.05. The topological polar surface area (TPSA) is 21.3 Å². The molecule has 1 rings (SSSR count). The van der Waals surface area contributed by atoms with E-state index < -0.39 is 0 Å². The second-order valence-corrected chi connectivity index (χ2v) is 4.18. The van der Waals surface area contributed by atoms with Crippen LogP contribution in [0.2, 0.25) is 0 Å². The second kappa shape index (κ2) is 7.74. The molecule has 1 aromatic rings. The fourth-order valence-electron chi connectivity index (χ4n) is 1.21. The minimum absolute atomic E-state index is 0.737. The van der Waals surface area contributed by atoms with Crippen LogP contribution < -0.4 is 5.32 Å². The largest absolute Gasteiger partial charge is 0.371 e. The average molecular weight is 225 g/mol. The zero-order chi connectivity index (χ0) is 10.9. The maximum absolute atomic E-state index is 5.31. The normalized spacial score (nSPS) is 10.5. The van der Waals surface area contributed by atoms with Gasteiger partial charge in [-0.05, 0) is 31.2 Å². The average Bonchev–Trinajstić information content (AvgIpc) is 2.27. The van der Waals surface area contributed by atoms with Crippen LogP contribution in [0.1, 0.15) is 19.4 Å². The Morgan fingerprint density at radius 1 is 1.33 bits per heavy atom. The van der Waals surface area contributed by atoms with Gasteiger partial charge in [0.25, 0.3) is 0 Å². The number of ether oxygens (including phenoxy) is 1. The molecule has 3 heteroatoms. The van der Waals surface area contributed by atoms with Gasteiger partial charge >= 0.3 is 0 Å². The summed E-state index contributed by atoms with van der Waals surface area (Å²) >= 11 is 1.74. The van der Waals surface area contributed by atoms with Crippen molar-refractivity contribution in [1.82, 2.24) is 5.32 Å². The van der Waals surface area contributed by atoms with E-state index >= 15 is 0 Å². The third-order valence-corrected chi connectivity index (χ3v) is 2.86. The summed E-state index contributed by atoms with van der Waals surface area (Å²) in [6, 6.07) is 8.58. The molecule has 0 aliphatic heterocycles. The van der Waals surface area contributed by atoms with Gasteiger partial charge in [-0.1, -0.05) is 30.8 Å². The van der Waals surface area contributed by atoms with E-state index in [0.29, 0.717) is 0 Å². The molecule has 0 radical (unpaired) electrons. The van der Waals surface area contributed by atoms with Crippen molar-refractivity contribution in [2.24, 2.45) is 0 Å². The van der Waals surface area contributed by atoms with E-state index in [1.807, 2.05) is 6.92 Å². The number of rotatable bonds is 7. The predicted molar refractivity (Wildman–Crippen MR) is 66.2 cm³/mol. The van der Waals surface area contributed by atoms with Crippen LogP contribution in [0.3, 0.4) is 0 Å². The van der Waals surface area contributed by atoms with Crippen LogP contribution in [0.25, 0.3) is 0 Å². The van der Waals surface area contributed by atoms with E-state index in [1.165, 1.54) is 10.5 Å². The third-order valence-electron chi connectivity index (χ3n) is 1.99. The first-order valence-corrected chi connectivity index (χ1v) is 6.35. The van der Waals surface area contributed by atoms with E-state index in [4.69, 9.17) is 4.74 Å². The van der Waals surface area contributed by atoms with Crippen molar-refractivity contribution in [3.8, 4) is 0 Å². The Balaban J connectivity index is 2.42. The van der Waals surface area contributed by atoms with Crippen molar-refractivity contribution in [3.05, 3.63) is 29.8 Å². The Morgan fingerprint density at radius 3 is 2.93 bits per heavy atom. The highest BCUT2D eigenvalue weighted by molar-refractivity contribution is 7.99. The van der Waals surface area contributed by atoms with Crippen molar-refractivity contribution in [2.75, 3.05) is 19.1 Å². The first-order valence-electron chi connectivity index (χ1n) is 5.37. The molecule has 0 unspecified atom stereocenters. The van der Waals surface area contributed by atoms with Crippen LogP contribution in [0, 0.1) is 0 Å². The van der Waals surface area contributed by atoms with Gasteiger partial charge in [-0.25, -0.2) is 0 Å². The molecular weight excluding hydrogens is 206 g/mol. The van der Waals surface area contributed by atoms with Crippen LogP contribution in [-0.4, -0.2) is 19.1 Å². The van der Waals surface area contributed by atoms with Crippen molar-refractivity contribution in [2.45, 2.75) is 25.3 Å². The van der Waals surface area contributed by atoms with E-state index in [0.717, 1.165) is 25.6 Å². The van der Waals surface area contributed by atoms with E-state index in [9.17, 15) is 0 Å². The van der Waals surface area contributed by atoms with Gasteiger partial charge in [0.2, 0.25) is 0 Å². The lowest BCUT2D eigenvalue weighted by atomic mass is 10.2. The summed E-state index contributed by atoms with van der Waals surface area (Å²) in [7, 11) is 0. The standard InChI is InChI=1S/C12H19NOS/c1-3-13-9-11-6-5-7-12(8-11)15-10-14-4-2/h5-8,13H,3-4,9-10H2,1-2H3. The first kappa shape index (κ1) is 12.6. The fraction of sp³-hybridized carbons (Fsp3) is 0.500. The van der Waals surface area contributed by atoms with Gasteiger partial charge in [0, 0.05) is 18.0 Å². The fourth-order valence-corrected chi connectivity index (χ4v) is 2.00. The van der Waals surface area contributed by atoms with Crippen molar-refractivity contribution < 1.29 is 4.74 Å². The summed E-state index contributed by atoms with van der Waals surface area (Å²) in [6.45, 7) is 6.87. The van der Waals surface area contributed by atoms with Crippen molar-refractivity contribution in [3.63, 3.8) is 0 Å². The predicted octanol–water partition coefficient (Wildman–Crippen LogP) is 2.88. The monoisotopic (exact) mass is 225 g/mol. The van der Waals surface area contributed by atoms with Gasteiger partial charge in [-0.15, -0.1) is 0 Å². The Labute approximate surface area is 96.4 Å². The molecular formula is C12H19NOS. The summed E-state index contributed by atoms with van der Waals surface area (Å²) in [5, 5.41) is 3.32. The highest BCUT2D eigenvalue weighted by Gasteiger charge is 1.96. The van der Waals surface area contributed by atoms with E-state index in [-0.39, 0.29) is 0 Å². The molecule has 84 valence electrons. The van der Waals surface area contributed by atoms with Crippen LogP contribution >= 0.6 is 11.8 Å². The molecule has 2 nitrogen and oxygen atoms in total. The molecule has 0 aliphatic rings. The van der Waals surface area contributed by atoms with Gasteiger partial charge in [-0.2, -0.15) is 0 Å². The molecule has 0 spiro atoms. The summed E-state index contributed by atoms with van der Waals surface area (Å²) in [4.78, 5) is 1.28. The van der Waals surface area contributed by atoms with Gasteiger partial charge < -0.3 is 10.1 Å². The lowest BCUT2D eigenvalue weighted by Crippen LogP contribution is -2.11. The van der Waals surface area contributed by atoms with E-state index in [1.54, 1.807) is 11.8 Å². The van der Waals surface area contributed by atoms with Crippen LogP contribution in [0.4, 0.5) is 0 Å². The minimum atomic E-state index is 0.737. The molecule has 15 heavy (non-hydrogen) atoms. The summed E-state index contributed by atoms with van der Waals surface area (Å²) in [5.74, 6) is 0.737. The lowest BCUT2D eigenvalue weighted by molar-refractivity contribution is 0.199. The Bertz CT molecular complexity index is 278. The van der Waals surface area contributed by atoms with Crippen LogP contribution in [-0.2, 0) is 11.3 Å². The Morgan fingerprint density at radius 2 is 2.20 bits per heavy atom. The SMILES string of the molecule is CCNCc1cccc(SCOCC)c1. The van der Waals surface area contributed by atoms with Gasteiger partial charge in [-0.3, -0.25) is 0 Å². The second-order valence-electron chi connectivity index (χ2n) is 3.18. The molecule has 1 N–H and O–H groups in total. The summed E-state index contributed by atoms with van der Waals surface area (Å²) < 4.78 is 5.31. The van der Waals surface area contributed by atoms with Crippen LogP contribution in [0.5, 0.6) is 0 Å². The van der Waals surface area contributed by atoms with Crippen molar-refractivity contribution >= 4 is 11.8 Å². The molecule has 0 saturated heterocycles. The maximum atomic E-state index is 5.31. The summed E-state index contributed by atoms with van der Waals surface area (Å²) in [6.07, 6.45) is 0. The number of thioether (sulfide) groups is 1. The summed E-state index contributed by atoms with van der Waals surface area (Å²) in [5.41, 5.74) is 1.33. The highest BCUT2D eigenvalue weighted by Crippen LogP contribution is 2.19. The molecule has 0 aliphatic carbocycles. The Kier molecular flexibility index (Phi) is 6.48. The Hall–Kier alpha value is -0.510. The smallest absolute Gasteiger partial charge is 0.0966 e. The molecule has 0 aromatic heterocycles. The molecule has 1 aromatic carbocycles. The molecule has 0 saturated carbocycles. The highest BCUT2D eigenvalue weighted by atomic mass is 32.2. The van der Waals surface area contributed by atoms with Gasteiger partial charge in [0.1, 0.15) is 0 Å². The minimum Gasteiger partial charge on any atom is -0.371 e. The molecule has 0 amide bonds. The molecule has 0 atom stereocenters. The van der Waals surface area contributed by atoms with Crippen molar-refractivity contribution in [1.29, 1.82) is 0 Å². The first-order chi connectivity index (χ1) is 7.36. The van der Waals surface area contributed by atoms with E-state index in [2.05, 4.69) is 36.5 Å². The van der Waals surface area contributed by atoms with Gasteiger partial charge in [0.15, 0.2) is 0 Å². The molecule has 0 heterocycles. The maximum Gasteiger partial charge on any atom is 0.0966 e. The molecule has 0 fully saturated rings. The van der Waals surface area contributed by atoms with Gasteiger partial charge in [0.05, 0.1) is 5.94 Å². The number of benzene rings is 1. The van der Waals surface area contributed by atoms with Crippen LogP contribution in [0.15, 0.2) is 29.2 Å². The third kappa shape index (κ3) is 5.21. The number of hydrogen-bond donors (Lipinski definition) is 1. The number of nitrogens with one attached hydrogen (secondary N) is 1.